The van der Waals surface area contributed by atoms with Crippen LogP contribution < -0.4 is 0 Å². The molecule has 3 rings (SSSR count). The predicted molar refractivity (Wildman–Crippen MR) is 97.2 cm³/mol. The lowest BCUT2D eigenvalue weighted by Gasteiger charge is -2.46. The highest BCUT2D eigenvalue weighted by Gasteiger charge is 2.51. The fourth-order valence-electron chi connectivity index (χ4n) is 5.14. The largest absolute Gasteiger partial charge is 0.463 e. The fraction of sp³-hybridized carbons (Fsp3) is 0.944. The van der Waals surface area contributed by atoms with E-state index in [1.165, 1.54) is 44.9 Å². The van der Waals surface area contributed by atoms with Gasteiger partial charge in [0.15, 0.2) is 0 Å². The monoisotopic (exact) mass is 419 g/mol. The van der Waals surface area contributed by atoms with Gasteiger partial charge in [0.2, 0.25) is 0 Å². The zero-order valence-electron chi connectivity index (χ0n) is 14.1. The molecule has 0 N–H and O–H groups in total. The van der Waals surface area contributed by atoms with Gasteiger partial charge < -0.3 is 4.74 Å². The average molecular weight is 419 g/mol. The molecule has 22 heavy (non-hydrogen) atoms. The maximum Gasteiger partial charge on any atom is 0.311 e. The van der Waals surface area contributed by atoms with E-state index in [4.69, 9.17) is 4.74 Å². The van der Waals surface area contributed by atoms with Crippen molar-refractivity contribution in [3.63, 3.8) is 0 Å². The Morgan fingerprint density at radius 3 is 2.45 bits per heavy atom. The first-order valence-corrected chi connectivity index (χ1v) is 10.3. The Hall–Kier alpha value is 0.160. The van der Waals surface area contributed by atoms with Gasteiger partial charge in [-0.05, 0) is 77.7 Å². The molecule has 2 heterocycles. The molecule has 0 spiro atoms. The summed E-state index contributed by atoms with van der Waals surface area (Å²) in [7, 11) is 2.22. The van der Waals surface area contributed by atoms with E-state index >= 15 is 0 Å². The van der Waals surface area contributed by atoms with Crippen LogP contribution in [0.5, 0.6) is 0 Å². The number of halogens is 1. The number of carbonyl (C=O) groups is 1. The lowest BCUT2D eigenvalue weighted by atomic mass is 9.68. The van der Waals surface area contributed by atoms with Crippen LogP contribution in [0, 0.1) is 17.8 Å². The van der Waals surface area contributed by atoms with Gasteiger partial charge in [0.1, 0.15) is 0 Å². The number of fused-ring (bicyclic) bond motifs is 2. The standard InChI is InChI=1S/C18H30INO2/c1-11(2)22-18(21)17-15(12-4-6-13(19)7-5-12)10-14-8-9-16(17)20(14)3/h11-17H,4-10H2,1-3H3/t12?,13?,14-,15-,16?,17?/m1/s1. The Kier molecular flexibility index (Phi) is 5.38. The Labute approximate surface area is 148 Å². The van der Waals surface area contributed by atoms with Gasteiger partial charge in [-0.25, -0.2) is 0 Å². The Bertz CT molecular complexity index is 406. The van der Waals surface area contributed by atoms with Crippen molar-refractivity contribution in [1.82, 2.24) is 4.90 Å². The van der Waals surface area contributed by atoms with Crippen LogP contribution in [-0.2, 0) is 9.53 Å². The van der Waals surface area contributed by atoms with Gasteiger partial charge in [-0.2, -0.15) is 0 Å². The molecule has 0 amide bonds. The minimum atomic E-state index is 0.00247. The summed E-state index contributed by atoms with van der Waals surface area (Å²) in [6.45, 7) is 3.94. The van der Waals surface area contributed by atoms with Crippen LogP contribution in [-0.4, -0.2) is 40.0 Å². The number of rotatable bonds is 3. The summed E-state index contributed by atoms with van der Waals surface area (Å²) < 4.78 is 6.51. The molecule has 3 aliphatic rings. The molecule has 3 fully saturated rings. The first-order chi connectivity index (χ1) is 10.5. The Morgan fingerprint density at radius 2 is 1.82 bits per heavy atom. The van der Waals surface area contributed by atoms with E-state index in [2.05, 4.69) is 34.5 Å². The number of hydrogen-bond donors (Lipinski definition) is 0. The number of nitrogens with zero attached hydrogens (tertiary/aromatic N) is 1. The van der Waals surface area contributed by atoms with Gasteiger partial charge in [0, 0.05) is 16.0 Å². The van der Waals surface area contributed by atoms with Crippen LogP contribution in [0.3, 0.4) is 0 Å². The number of hydrogen-bond acceptors (Lipinski definition) is 3. The summed E-state index contributed by atoms with van der Waals surface area (Å²) in [5, 5.41) is 0. The van der Waals surface area contributed by atoms with Crippen molar-refractivity contribution in [2.24, 2.45) is 17.8 Å². The van der Waals surface area contributed by atoms with Crippen LogP contribution in [0.25, 0.3) is 0 Å². The lowest BCUT2D eigenvalue weighted by molar-refractivity contribution is -0.161. The molecule has 2 saturated heterocycles. The maximum atomic E-state index is 12.8. The molecular weight excluding hydrogens is 389 g/mol. The van der Waals surface area contributed by atoms with Crippen LogP contribution in [0.15, 0.2) is 0 Å². The predicted octanol–water partition coefficient (Wildman–Crippen LogP) is 4.03. The zero-order chi connectivity index (χ0) is 15.9. The second-order valence-corrected chi connectivity index (χ2v) is 9.65. The van der Waals surface area contributed by atoms with E-state index in [0.717, 1.165) is 9.84 Å². The molecule has 3 nitrogen and oxygen atoms in total. The van der Waals surface area contributed by atoms with Crippen molar-refractivity contribution in [3.8, 4) is 0 Å². The van der Waals surface area contributed by atoms with E-state index < -0.39 is 0 Å². The zero-order valence-corrected chi connectivity index (χ0v) is 16.3. The minimum absolute atomic E-state index is 0.00247. The normalized spacial score (nSPS) is 42.6. The summed E-state index contributed by atoms with van der Waals surface area (Å²) in [5.74, 6) is 1.49. The highest BCUT2D eigenvalue weighted by atomic mass is 127. The van der Waals surface area contributed by atoms with Crippen LogP contribution in [0.4, 0.5) is 0 Å². The van der Waals surface area contributed by atoms with Crippen molar-refractivity contribution in [1.29, 1.82) is 0 Å². The number of alkyl halides is 1. The van der Waals surface area contributed by atoms with Crippen LogP contribution >= 0.6 is 22.6 Å². The van der Waals surface area contributed by atoms with E-state index in [9.17, 15) is 4.79 Å². The summed E-state index contributed by atoms with van der Waals surface area (Å²) in [5.41, 5.74) is 0. The smallest absolute Gasteiger partial charge is 0.311 e. The minimum Gasteiger partial charge on any atom is -0.463 e. The maximum absolute atomic E-state index is 12.8. The Morgan fingerprint density at radius 1 is 1.14 bits per heavy atom. The van der Waals surface area contributed by atoms with Crippen LogP contribution in [0.2, 0.25) is 0 Å². The lowest BCUT2D eigenvalue weighted by Crippen LogP contribution is -2.52. The molecule has 1 saturated carbocycles. The van der Waals surface area contributed by atoms with E-state index in [-0.39, 0.29) is 18.0 Å². The molecule has 4 heteroatoms. The van der Waals surface area contributed by atoms with Crippen molar-refractivity contribution in [2.75, 3.05) is 7.05 Å². The van der Waals surface area contributed by atoms with Crippen LogP contribution in [0.1, 0.15) is 58.8 Å². The summed E-state index contributed by atoms with van der Waals surface area (Å²) in [4.78, 5) is 15.3. The number of esters is 1. The molecule has 2 unspecified atom stereocenters. The molecule has 0 radical (unpaired) electrons. The fourth-order valence-corrected chi connectivity index (χ4v) is 5.86. The topological polar surface area (TPSA) is 29.5 Å². The van der Waals surface area contributed by atoms with E-state index in [0.29, 0.717) is 18.0 Å². The van der Waals surface area contributed by atoms with Crippen molar-refractivity contribution < 1.29 is 9.53 Å². The molecule has 1 aliphatic carbocycles. The second-order valence-electron chi connectivity index (χ2n) is 7.89. The van der Waals surface area contributed by atoms with Gasteiger partial charge >= 0.3 is 5.97 Å². The number of carbonyl (C=O) groups excluding carboxylic acids is 1. The molecular formula is C18H30INO2. The second kappa shape index (κ2) is 6.96. The SMILES string of the molecule is CC(C)OC(=O)C1C2CC[C@H](C[C@@H]1C1CCC(I)CC1)N2C. The first-order valence-electron chi connectivity index (χ1n) is 9.04. The highest BCUT2D eigenvalue weighted by molar-refractivity contribution is 14.1. The van der Waals surface area contributed by atoms with Gasteiger partial charge in [-0.15, -0.1) is 0 Å². The van der Waals surface area contributed by atoms with Gasteiger partial charge in [0.05, 0.1) is 12.0 Å². The molecule has 0 aromatic carbocycles. The highest BCUT2D eigenvalue weighted by Crippen LogP contribution is 2.48. The third-order valence-corrected chi connectivity index (χ3v) is 7.49. The van der Waals surface area contributed by atoms with Crippen molar-refractivity contribution >= 4 is 28.6 Å². The van der Waals surface area contributed by atoms with E-state index in [1.54, 1.807) is 0 Å². The molecule has 2 aliphatic heterocycles. The molecule has 0 aromatic rings. The average Bonchev–Trinajstić information content (AvgIpc) is 2.71. The molecule has 4 atom stereocenters. The summed E-state index contributed by atoms with van der Waals surface area (Å²) >= 11 is 2.60. The quantitative estimate of drug-likeness (QED) is 0.393. The molecule has 2 bridgehead atoms. The molecule has 126 valence electrons. The van der Waals surface area contributed by atoms with Crippen molar-refractivity contribution in [2.45, 2.75) is 80.9 Å². The van der Waals surface area contributed by atoms with Gasteiger partial charge in [-0.3, -0.25) is 9.69 Å². The third-order valence-electron chi connectivity index (χ3n) is 6.25. The van der Waals surface area contributed by atoms with Crippen molar-refractivity contribution in [3.05, 3.63) is 0 Å². The summed E-state index contributed by atoms with van der Waals surface area (Å²) in [6.07, 6.45) is 8.95. The number of piperidine rings is 1. The summed E-state index contributed by atoms with van der Waals surface area (Å²) in [6, 6.07) is 1.13. The number of ether oxygens (including phenoxy) is 1. The third kappa shape index (κ3) is 3.33. The van der Waals surface area contributed by atoms with Gasteiger partial charge in [0.25, 0.3) is 0 Å². The Balaban J connectivity index is 1.78. The molecule has 0 aromatic heterocycles. The van der Waals surface area contributed by atoms with Gasteiger partial charge in [-0.1, -0.05) is 22.6 Å². The first kappa shape index (κ1) is 17.0. The van der Waals surface area contributed by atoms with E-state index in [1.807, 2.05) is 13.8 Å².